The molecular weight excluding hydrogens is 144 g/mol. The van der Waals surface area contributed by atoms with Crippen molar-refractivity contribution in [3.8, 4) is 0 Å². The molecule has 0 radical (unpaired) electrons. The summed E-state index contributed by atoms with van der Waals surface area (Å²) in [6.07, 6.45) is 22.0. The minimum Gasteiger partial charge on any atom is -0.0844 e. The van der Waals surface area contributed by atoms with Gasteiger partial charge < -0.3 is 0 Å². The zero-order chi connectivity index (χ0) is 8.49. The van der Waals surface area contributed by atoms with Gasteiger partial charge in [-0.3, -0.25) is 0 Å². The van der Waals surface area contributed by atoms with Crippen molar-refractivity contribution >= 4 is 0 Å². The van der Waals surface area contributed by atoms with E-state index in [-0.39, 0.29) is 0 Å². The molecule has 1 rings (SSSR count). The van der Waals surface area contributed by atoms with E-state index >= 15 is 0 Å². The second kappa shape index (κ2) is 6.66. The third-order valence-electron chi connectivity index (χ3n) is 1.76. The van der Waals surface area contributed by atoms with Gasteiger partial charge in [-0.05, 0) is 25.7 Å². The van der Waals surface area contributed by atoms with E-state index in [0.29, 0.717) is 0 Å². The predicted molar refractivity (Wildman–Crippen MR) is 55.0 cm³/mol. The van der Waals surface area contributed by atoms with E-state index < -0.39 is 0 Å². The van der Waals surface area contributed by atoms with Crippen LogP contribution >= 0.6 is 0 Å². The van der Waals surface area contributed by atoms with E-state index in [1.807, 2.05) is 0 Å². The van der Waals surface area contributed by atoms with E-state index in [2.05, 4.69) is 48.6 Å². The smallest absolute Gasteiger partial charge is 0.0169 e. The lowest BCUT2D eigenvalue weighted by Gasteiger charge is -1.87. The highest BCUT2D eigenvalue weighted by Crippen LogP contribution is 1.97. The minimum absolute atomic E-state index is 1.07. The fourth-order valence-corrected chi connectivity index (χ4v) is 1.08. The van der Waals surface area contributed by atoms with E-state index in [0.717, 1.165) is 25.7 Å². The Morgan fingerprint density at radius 2 is 0.500 bits per heavy atom. The van der Waals surface area contributed by atoms with Crippen LogP contribution in [0, 0.1) is 0 Å². The third kappa shape index (κ3) is 4.73. The van der Waals surface area contributed by atoms with Crippen LogP contribution in [0.2, 0.25) is 0 Å². The molecule has 1 aliphatic carbocycles. The van der Waals surface area contributed by atoms with Crippen LogP contribution in [0.5, 0.6) is 0 Å². The Labute approximate surface area is 75.0 Å². The molecule has 0 spiro atoms. The summed E-state index contributed by atoms with van der Waals surface area (Å²) >= 11 is 0. The summed E-state index contributed by atoms with van der Waals surface area (Å²) in [6, 6.07) is 0. The van der Waals surface area contributed by atoms with Gasteiger partial charge in [0.05, 0.1) is 0 Å². The number of rotatable bonds is 0. The van der Waals surface area contributed by atoms with Gasteiger partial charge in [-0.1, -0.05) is 48.6 Å². The molecule has 0 unspecified atom stereocenters. The van der Waals surface area contributed by atoms with Gasteiger partial charge in [0.25, 0.3) is 0 Å². The highest BCUT2D eigenvalue weighted by molar-refractivity contribution is 5.02. The summed E-state index contributed by atoms with van der Waals surface area (Å²) < 4.78 is 0. The molecule has 0 heteroatoms. The minimum atomic E-state index is 1.07. The Morgan fingerprint density at radius 1 is 0.333 bits per heavy atom. The van der Waals surface area contributed by atoms with Crippen molar-refractivity contribution in [2.45, 2.75) is 25.7 Å². The quantitative estimate of drug-likeness (QED) is 0.473. The normalized spacial score (nSPS) is 18.7. The first-order valence-corrected chi connectivity index (χ1v) is 4.60. The van der Waals surface area contributed by atoms with Crippen LogP contribution in [-0.2, 0) is 0 Å². The molecule has 0 heterocycles. The fraction of sp³-hybridized carbons (Fsp3) is 0.333. The van der Waals surface area contributed by atoms with Gasteiger partial charge in [-0.15, -0.1) is 0 Å². The molecule has 0 aromatic rings. The van der Waals surface area contributed by atoms with Crippen LogP contribution in [-0.4, -0.2) is 0 Å². The van der Waals surface area contributed by atoms with E-state index in [1.54, 1.807) is 0 Å². The van der Waals surface area contributed by atoms with E-state index in [1.165, 1.54) is 0 Å². The molecular formula is C12H16. The number of allylic oxidation sites excluding steroid dienone is 8. The molecule has 0 aliphatic heterocycles. The maximum Gasteiger partial charge on any atom is -0.0169 e. The molecule has 0 fully saturated rings. The van der Waals surface area contributed by atoms with Crippen molar-refractivity contribution in [1.29, 1.82) is 0 Å². The second-order valence-corrected chi connectivity index (χ2v) is 2.83. The van der Waals surface area contributed by atoms with Crippen molar-refractivity contribution < 1.29 is 0 Å². The summed E-state index contributed by atoms with van der Waals surface area (Å²) in [5, 5.41) is 0. The molecule has 1 aliphatic rings. The van der Waals surface area contributed by atoms with Crippen LogP contribution in [0.15, 0.2) is 48.6 Å². The second-order valence-electron chi connectivity index (χ2n) is 2.83. The molecule has 0 saturated carbocycles. The Morgan fingerprint density at radius 3 is 0.667 bits per heavy atom. The Balaban J connectivity index is 2.40. The Hall–Kier alpha value is -1.04. The largest absolute Gasteiger partial charge is 0.0844 e. The highest BCUT2D eigenvalue weighted by Gasteiger charge is 1.76. The van der Waals surface area contributed by atoms with Crippen molar-refractivity contribution in [1.82, 2.24) is 0 Å². The average molecular weight is 160 g/mol. The maximum absolute atomic E-state index is 2.21. The van der Waals surface area contributed by atoms with E-state index in [4.69, 9.17) is 0 Å². The third-order valence-corrected chi connectivity index (χ3v) is 1.76. The molecule has 0 aromatic heterocycles. The van der Waals surface area contributed by atoms with Gasteiger partial charge in [0, 0.05) is 0 Å². The fourth-order valence-electron chi connectivity index (χ4n) is 1.08. The van der Waals surface area contributed by atoms with Crippen LogP contribution in [0.1, 0.15) is 25.7 Å². The SMILES string of the molecule is C1=CCC=CCC=CCC=CC1. The lowest BCUT2D eigenvalue weighted by molar-refractivity contribution is 1.23. The monoisotopic (exact) mass is 160 g/mol. The van der Waals surface area contributed by atoms with Gasteiger partial charge in [0.15, 0.2) is 0 Å². The molecule has 0 atom stereocenters. The van der Waals surface area contributed by atoms with Crippen LogP contribution in [0.3, 0.4) is 0 Å². The van der Waals surface area contributed by atoms with Crippen LogP contribution in [0.4, 0.5) is 0 Å². The summed E-state index contributed by atoms with van der Waals surface area (Å²) in [5.74, 6) is 0. The lowest BCUT2D eigenvalue weighted by atomic mass is 10.2. The van der Waals surface area contributed by atoms with Gasteiger partial charge in [-0.25, -0.2) is 0 Å². The van der Waals surface area contributed by atoms with Crippen LogP contribution in [0.25, 0.3) is 0 Å². The topological polar surface area (TPSA) is 0 Å². The predicted octanol–water partition coefficient (Wildman–Crippen LogP) is 3.79. The first-order valence-electron chi connectivity index (χ1n) is 4.60. The highest BCUT2D eigenvalue weighted by atomic mass is 13.8. The molecule has 0 aromatic carbocycles. The summed E-state index contributed by atoms with van der Waals surface area (Å²) in [6.45, 7) is 0. The number of hydrogen-bond donors (Lipinski definition) is 0. The van der Waals surface area contributed by atoms with Crippen molar-refractivity contribution in [2.75, 3.05) is 0 Å². The molecule has 0 saturated heterocycles. The van der Waals surface area contributed by atoms with Crippen molar-refractivity contribution in [2.24, 2.45) is 0 Å². The first-order chi connectivity index (χ1) is 6.00. The summed E-state index contributed by atoms with van der Waals surface area (Å²) in [7, 11) is 0. The molecule has 12 heavy (non-hydrogen) atoms. The number of hydrogen-bond acceptors (Lipinski definition) is 0. The molecule has 0 N–H and O–H groups in total. The first kappa shape index (κ1) is 9.05. The summed E-state index contributed by atoms with van der Waals surface area (Å²) in [5.41, 5.74) is 0. The molecule has 0 bridgehead atoms. The maximum atomic E-state index is 2.21. The Kier molecular flexibility index (Phi) is 5.02. The molecule has 0 amide bonds. The van der Waals surface area contributed by atoms with Gasteiger partial charge in [0.2, 0.25) is 0 Å². The average Bonchev–Trinajstić information content (AvgIpc) is 2.05. The van der Waals surface area contributed by atoms with Gasteiger partial charge in [-0.2, -0.15) is 0 Å². The van der Waals surface area contributed by atoms with Crippen molar-refractivity contribution in [3.63, 3.8) is 0 Å². The molecule has 64 valence electrons. The van der Waals surface area contributed by atoms with E-state index in [9.17, 15) is 0 Å². The Bertz CT molecular complexity index is 140. The van der Waals surface area contributed by atoms with Crippen LogP contribution < -0.4 is 0 Å². The zero-order valence-corrected chi connectivity index (χ0v) is 7.45. The molecule has 0 nitrogen and oxygen atoms in total. The van der Waals surface area contributed by atoms with Crippen molar-refractivity contribution in [3.05, 3.63) is 48.6 Å². The van der Waals surface area contributed by atoms with Gasteiger partial charge >= 0.3 is 0 Å². The summed E-state index contributed by atoms with van der Waals surface area (Å²) in [4.78, 5) is 0. The lowest BCUT2D eigenvalue weighted by Crippen LogP contribution is -1.66. The standard InChI is InChI=1S/C12H16/c1-2-4-6-8-10-12-11-9-7-5-3-1/h1-2,5-8,11-12H,3-4,9-10H2. The zero-order valence-electron chi connectivity index (χ0n) is 7.45. The van der Waals surface area contributed by atoms with Gasteiger partial charge in [0.1, 0.15) is 0 Å².